The Bertz CT molecular complexity index is 1000. The molecule has 0 radical (unpaired) electrons. The molecule has 0 saturated carbocycles. The molecule has 3 heterocycles. The number of halogens is 4. The van der Waals surface area contributed by atoms with Crippen molar-refractivity contribution in [1.82, 2.24) is 14.8 Å². The number of hydrogen-bond donors (Lipinski definition) is 0. The van der Waals surface area contributed by atoms with Crippen LogP contribution in [0, 0.1) is 5.92 Å². The van der Waals surface area contributed by atoms with Crippen molar-refractivity contribution in [3.63, 3.8) is 0 Å². The Hall–Kier alpha value is -2.81. The first-order valence-corrected chi connectivity index (χ1v) is 11.2. The van der Waals surface area contributed by atoms with Crippen molar-refractivity contribution < 1.29 is 22.8 Å². The molecule has 0 bridgehead atoms. The molecule has 176 valence electrons. The third-order valence-corrected chi connectivity index (χ3v) is 6.44. The molecule has 2 saturated heterocycles. The standard InChI is InChI=1S/C23H24ClF3N4O2/c24-17-5-6-20(28-15-17)29-9-7-16(8-10-29)21(32)30-11-13-31(14-12-30)22(33)18-3-1-2-4-19(18)23(25,26)27/h1-6,15-16H,7-14H2. The molecule has 0 atom stereocenters. The highest BCUT2D eigenvalue weighted by atomic mass is 35.5. The minimum Gasteiger partial charge on any atom is -0.357 e. The van der Waals surface area contributed by atoms with Crippen LogP contribution in [0.3, 0.4) is 0 Å². The molecule has 2 aliphatic rings. The molecule has 33 heavy (non-hydrogen) atoms. The van der Waals surface area contributed by atoms with E-state index < -0.39 is 17.6 Å². The monoisotopic (exact) mass is 480 g/mol. The maximum absolute atomic E-state index is 13.3. The van der Waals surface area contributed by atoms with Gasteiger partial charge in [0, 0.05) is 51.4 Å². The van der Waals surface area contributed by atoms with Gasteiger partial charge in [-0.1, -0.05) is 23.7 Å². The minimum atomic E-state index is -4.60. The van der Waals surface area contributed by atoms with Crippen molar-refractivity contribution in [3.05, 3.63) is 58.7 Å². The lowest BCUT2D eigenvalue weighted by Gasteiger charge is -2.39. The highest BCUT2D eigenvalue weighted by Gasteiger charge is 2.37. The highest BCUT2D eigenvalue weighted by Crippen LogP contribution is 2.32. The summed E-state index contributed by atoms with van der Waals surface area (Å²) in [4.78, 5) is 35.3. The lowest BCUT2D eigenvalue weighted by molar-refractivity contribution is -0.138. The normalized spacial score (nSPS) is 17.9. The maximum atomic E-state index is 13.3. The van der Waals surface area contributed by atoms with Crippen molar-refractivity contribution in [2.75, 3.05) is 44.2 Å². The molecular formula is C23H24ClF3N4O2. The molecule has 4 rings (SSSR count). The van der Waals surface area contributed by atoms with Gasteiger partial charge in [0.05, 0.1) is 16.1 Å². The van der Waals surface area contributed by atoms with E-state index in [0.717, 1.165) is 11.9 Å². The second kappa shape index (κ2) is 9.59. The number of piperazine rings is 1. The van der Waals surface area contributed by atoms with Crippen LogP contribution in [0.25, 0.3) is 0 Å². The third kappa shape index (κ3) is 5.24. The molecule has 1 aromatic carbocycles. The quantitative estimate of drug-likeness (QED) is 0.667. The number of nitrogens with zero attached hydrogens (tertiary/aromatic N) is 4. The van der Waals surface area contributed by atoms with Gasteiger partial charge in [-0.15, -0.1) is 0 Å². The SMILES string of the molecule is O=C(c1ccccc1C(F)(F)F)N1CCN(C(=O)C2CCN(c3ccc(Cl)cn3)CC2)CC1. The van der Waals surface area contributed by atoms with Crippen molar-refractivity contribution in [2.24, 2.45) is 5.92 Å². The van der Waals surface area contributed by atoms with E-state index in [9.17, 15) is 22.8 Å². The molecule has 10 heteroatoms. The fourth-order valence-electron chi connectivity index (χ4n) is 4.39. The molecule has 1 aromatic heterocycles. The lowest BCUT2D eigenvalue weighted by Crippen LogP contribution is -2.53. The molecule has 2 amide bonds. The molecule has 0 unspecified atom stereocenters. The number of rotatable bonds is 3. The van der Waals surface area contributed by atoms with Gasteiger partial charge in [0.25, 0.3) is 5.91 Å². The topological polar surface area (TPSA) is 56.8 Å². The number of hydrogen-bond acceptors (Lipinski definition) is 4. The number of piperidine rings is 1. The largest absolute Gasteiger partial charge is 0.417 e. The van der Waals surface area contributed by atoms with Crippen molar-refractivity contribution >= 4 is 29.2 Å². The molecule has 0 N–H and O–H groups in total. The van der Waals surface area contributed by atoms with Gasteiger partial charge in [0.1, 0.15) is 5.82 Å². The molecule has 6 nitrogen and oxygen atoms in total. The summed E-state index contributed by atoms with van der Waals surface area (Å²) < 4.78 is 39.8. The third-order valence-electron chi connectivity index (χ3n) is 6.22. The first-order chi connectivity index (χ1) is 15.7. The summed E-state index contributed by atoms with van der Waals surface area (Å²) >= 11 is 5.89. The molecule has 0 aliphatic carbocycles. The summed E-state index contributed by atoms with van der Waals surface area (Å²) in [5, 5.41) is 0.573. The number of carbonyl (C=O) groups is 2. The summed E-state index contributed by atoms with van der Waals surface area (Å²) in [5.41, 5.74) is -1.29. The molecule has 2 fully saturated rings. The fraction of sp³-hybridized carbons (Fsp3) is 0.435. The highest BCUT2D eigenvalue weighted by molar-refractivity contribution is 6.30. The number of pyridine rings is 1. The average Bonchev–Trinajstić information content (AvgIpc) is 2.83. The zero-order valence-corrected chi connectivity index (χ0v) is 18.6. The van der Waals surface area contributed by atoms with E-state index in [1.54, 1.807) is 17.2 Å². The van der Waals surface area contributed by atoms with Crippen LogP contribution in [-0.4, -0.2) is 65.9 Å². The van der Waals surface area contributed by atoms with E-state index in [0.29, 0.717) is 44.0 Å². The van der Waals surface area contributed by atoms with E-state index >= 15 is 0 Å². The summed E-state index contributed by atoms with van der Waals surface area (Å²) in [6.07, 6.45) is -1.61. The van der Waals surface area contributed by atoms with E-state index in [1.807, 2.05) is 6.07 Å². The van der Waals surface area contributed by atoms with Gasteiger partial charge in [-0.05, 0) is 37.1 Å². The summed E-state index contributed by atoms with van der Waals surface area (Å²) in [5.74, 6) is 0.110. The summed E-state index contributed by atoms with van der Waals surface area (Å²) in [6.45, 7) is 2.47. The van der Waals surface area contributed by atoms with Gasteiger partial charge in [-0.3, -0.25) is 9.59 Å². The van der Waals surface area contributed by atoms with Crippen LogP contribution in [0.2, 0.25) is 5.02 Å². The van der Waals surface area contributed by atoms with Gasteiger partial charge in [0.15, 0.2) is 0 Å². The van der Waals surface area contributed by atoms with E-state index in [-0.39, 0.29) is 30.5 Å². The van der Waals surface area contributed by atoms with Gasteiger partial charge < -0.3 is 14.7 Å². The van der Waals surface area contributed by atoms with Crippen LogP contribution < -0.4 is 4.90 Å². The summed E-state index contributed by atoms with van der Waals surface area (Å²) in [6, 6.07) is 8.45. The maximum Gasteiger partial charge on any atom is 0.417 e. The molecule has 2 aromatic rings. The fourth-order valence-corrected chi connectivity index (χ4v) is 4.50. The van der Waals surface area contributed by atoms with Crippen LogP contribution in [0.15, 0.2) is 42.6 Å². The Balaban J connectivity index is 1.31. The number of carbonyl (C=O) groups excluding carboxylic acids is 2. The van der Waals surface area contributed by atoms with Crippen LogP contribution in [0.1, 0.15) is 28.8 Å². The van der Waals surface area contributed by atoms with Crippen LogP contribution in [0.5, 0.6) is 0 Å². The Morgan fingerprint density at radius 2 is 1.55 bits per heavy atom. The number of anilines is 1. The number of amides is 2. The molecule has 2 aliphatic heterocycles. The van der Waals surface area contributed by atoms with E-state index in [1.165, 1.54) is 23.1 Å². The van der Waals surface area contributed by atoms with Gasteiger partial charge >= 0.3 is 6.18 Å². The van der Waals surface area contributed by atoms with E-state index in [2.05, 4.69) is 9.88 Å². The second-order valence-corrected chi connectivity index (χ2v) is 8.69. The van der Waals surface area contributed by atoms with E-state index in [4.69, 9.17) is 11.6 Å². The van der Waals surface area contributed by atoms with Crippen LogP contribution in [-0.2, 0) is 11.0 Å². The number of aromatic nitrogens is 1. The minimum absolute atomic E-state index is 0.0431. The zero-order chi connectivity index (χ0) is 23.6. The molecule has 0 spiro atoms. The zero-order valence-electron chi connectivity index (χ0n) is 17.9. The first-order valence-electron chi connectivity index (χ1n) is 10.8. The number of alkyl halides is 3. The summed E-state index contributed by atoms with van der Waals surface area (Å²) in [7, 11) is 0. The Morgan fingerprint density at radius 1 is 0.909 bits per heavy atom. The second-order valence-electron chi connectivity index (χ2n) is 8.26. The van der Waals surface area contributed by atoms with Crippen molar-refractivity contribution in [3.8, 4) is 0 Å². The van der Waals surface area contributed by atoms with Crippen molar-refractivity contribution in [1.29, 1.82) is 0 Å². The van der Waals surface area contributed by atoms with Gasteiger partial charge in [-0.25, -0.2) is 4.98 Å². The Morgan fingerprint density at radius 3 is 2.15 bits per heavy atom. The van der Waals surface area contributed by atoms with Gasteiger partial charge in [-0.2, -0.15) is 13.2 Å². The van der Waals surface area contributed by atoms with Gasteiger partial charge in [0.2, 0.25) is 5.91 Å². The van der Waals surface area contributed by atoms with Crippen molar-refractivity contribution in [2.45, 2.75) is 19.0 Å². The predicted octanol–water partition coefficient (Wildman–Crippen LogP) is 3.95. The smallest absolute Gasteiger partial charge is 0.357 e. The predicted molar refractivity (Wildman–Crippen MR) is 118 cm³/mol. The van der Waals surface area contributed by atoms with Crippen LogP contribution in [0.4, 0.5) is 19.0 Å². The molecular weight excluding hydrogens is 457 g/mol. The average molecular weight is 481 g/mol. The van der Waals surface area contributed by atoms with Crippen LogP contribution >= 0.6 is 11.6 Å². The Kier molecular flexibility index (Phi) is 6.78. The lowest BCUT2D eigenvalue weighted by atomic mass is 9.95. The Labute approximate surface area is 194 Å². The number of benzene rings is 1. The first kappa shape index (κ1) is 23.4.